The van der Waals surface area contributed by atoms with E-state index in [1.54, 1.807) is 6.07 Å². The molecule has 1 aliphatic carbocycles. The summed E-state index contributed by atoms with van der Waals surface area (Å²) in [4.78, 5) is 46.2. The number of hydrogen-bond donors (Lipinski definition) is 1. The number of hydrogen-bond acceptors (Lipinski definition) is 6. The average molecular weight is 660 g/mol. The van der Waals surface area contributed by atoms with Crippen molar-refractivity contribution in [3.8, 4) is 0 Å². The molecule has 7 rings (SSSR count). The first-order chi connectivity index (χ1) is 22.6. The fourth-order valence-electron chi connectivity index (χ4n) is 8.64. The van der Waals surface area contributed by atoms with E-state index in [1.165, 1.54) is 38.9 Å². The van der Waals surface area contributed by atoms with Crippen molar-refractivity contribution >= 4 is 39.7 Å². The molecular weight excluding hydrogens is 614 g/mol. The fourth-order valence-corrected chi connectivity index (χ4v) is 9.18. The van der Waals surface area contributed by atoms with Crippen molar-refractivity contribution in [2.45, 2.75) is 75.8 Å². The molecule has 3 amide bonds. The normalized spacial score (nSPS) is 23.7. The van der Waals surface area contributed by atoms with Crippen LogP contribution in [0.1, 0.15) is 96.8 Å². The third-order valence-corrected chi connectivity index (χ3v) is 12.5. The Hall–Kier alpha value is -3.70. The molecule has 3 fully saturated rings. The van der Waals surface area contributed by atoms with E-state index in [1.807, 2.05) is 28.0 Å². The predicted octanol–water partition coefficient (Wildman–Crippen LogP) is 4.46. The molecule has 2 atom stereocenters. The van der Waals surface area contributed by atoms with E-state index in [2.05, 4.69) is 33.9 Å². The Morgan fingerprint density at radius 3 is 2.32 bits per heavy atom. The van der Waals surface area contributed by atoms with Gasteiger partial charge in [0.1, 0.15) is 0 Å². The lowest BCUT2D eigenvalue weighted by atomic mass is 9.73. The van der Waals surface area contributed by atoms with Gasteiger partial charge in [-0.05, 0) is 72.9 Å². The number of fused-ring (bicyclic) bond motifs is 5. The van der Waals surface area contributed by atoms with Gasteiger partial charge in [-0.2, -0.15) is 12.7 Å². The topological polar surface area (TPSA) is 110 Å². The second-order valence-electron chi connectivity index (χ2n) is 14.0. The molecule has 0 bridgehead atoms. The Kier molecular flexibility index (Phi) is 8.63. The minimum atomic E-state index is -3.96. The standard InChI is InChI=1S/C36H45N5O5S/c1-38(2)47(45,46)37-35(43)26-14-15-30-31(22-26)41-23-27(36(44)39-19-16-28(17-20-39)40-18-8-13-32(40)42)21-25-11-6-7-12-29(25)34(41)33(30)24-9-4-3-5-10-24/h6-7,11-12,14-15,21-22,24,28,33-34H,3-5,8-10,13,16-20,23H2,1-2H3,(H,37,43). The smallest absolute Gasteiger partial charge is 0.303 e. The largest absolute Gasteiger partial charge is 0.359 e. The lowest BCUT2D eigenvalue weighted by Crippen LogP contribution is -2.48. The van der Waals surface area contributed by atoms with Gasteiger partial charge in [-0.25, -0.2) is 4.72 Å². The zero-order valence-corrected chi connectivity index (χ0v) is 28.2. The van der Waals surface area contributed by atoms with Crippen molar-refractivity contribution in [1.82, 2.24) is 18.8 Å². The van der Waals surface area contributed by atoms with Crippen LogP contribution in [0.2, 0.25) is 0 Å². The summed E-state index contributed by atoms with van der Waals surface area (Å²) in [5, 5.41) is 0. The number of nitrogens with zero attached hydrogens (tertiary/aromatic N) is 4. The second-order valence-corrected chi connectivity index (χ2v) is 15.9. The minimum absolute atomic E-state index is 0.0124. The van der Waals surface area contributed by atoms with Crippen molar-refractivity contribution in [2.24, 2.45) is 5.92 Å². The zero-order valence-electron chi connectivity index (χ0n) is 27.4. The quantitative estimate of drug-likeness (QED) is 0.491. The number of benzene rings is 2. The number of rotatable bonds is 6. The SMILES string of the molecule is CN(C)S(=O)(=O)NC(=O)c1ccc2c(c1)N1CC(C(=O)N3CCC(N4CCCC4=O)CC3)=Cc3ccccc3C1C2C1CCCCC1. The van der Waals surface area contributed by atoms with E-state index >= 15 is 0 Å². The molecule has 10 nitrogen and oxygen atoms in total. The minimum Gasteiger partial charge on any atom is -0.359 e. The number of carbonyl (C=O) groups is 3. The van der Waals surface area contributed by atoms with E-state index in [0.29, 0.717) is 37.5 Å². The lowest BCUT2D eigenvalue weighted by Gasteiger charge is -2.38. The van der Waals surface area contributed by atoms with E-state index < -0.39 is 16.1 Å². The lowest BCUT2D eigenvalue weighted by molar-refractivity contribution is -0.132. The van der Waals surface area contributed by atoms with Gasteiger partial charge >= 0.3 is 10.2 Å². The summed E-state index contributed by atoms with van der Waals surface area (Å²) in [6.07, 6.45) is 11.1. The fraction of sp³-hybridized carbons (Fsp3) is 0.528. The molecule has 1 N–H and O–H groups in total. The highest BCUT2D eigenvalue weighted by molar-refractivity contribution is 7.87. The maximum Gasteiger partial charge on any atom is 0.303 e. The maximum atomic E-state index is 14.3. The molecular formula is C36H45N5O5S. The highest BCUT2D eigenvalue weighted by atomic mass is 32.2. The van der Waals surface area contributed by atoms with Gasteiger partial charge in [0.15, 0.2) is 0 Å². The van der Waals surface area contributed by atoms with Crippen molar-refractivity contribution < 1.29 is 22.8 Å². The van der Waals surface area contributed by atoms with Crippen LogP contribution in [0.4, 0.5) is 5.69 Å². The molecule has 47 heavy (non-hydrogen) atoms. The van der Waals surface area contributed by atoms with Gasteiger partial charge in [-0.15, -0.1) is 0 Å². The molecule has 4 aliphatic heterocycles. The number of piperidine rings is 1. The van der Waals surface area contributed by atoms with Gasteiger partial charge in [-0.3, -0.25) is 14.4 Å². The number of likely N-dealkylation sites (tertiary alicyclic amines) is 2. The van der Waals surface area contributed by atoms with Crippen LogP contribution in [0.15, 0.2) is 48.0 Å². The van der Waals surface area contributed by atoms with Gasteiger partial charge < -0.3 is 14.7 Å². The summed E-state index contributed by atoms with van der Waals surface area (Å²) in [7, 11) is -1.20. The van der Waals surface area contributed by atoms with Gasteiger partial charge in [0.2, 0.25) is 5.91 Å². The highest BCUT2D eigenvalue weighted by Gasteiger charge is 2.46. The first kappa shape index (κ1) is 31.9. The summed E-state index contributed by atoms with van der Waals surface area (Å²) < 4.78 is 28.2. The first-order valence-electron chi connectivity index (χ1n) is 17.2. The first-order valence-corrected chi connectivity index (χ1v) is 18.6. The second kappa shape index (κ2) is 12.7. The van der Waals surface area contributed by atoms with Crippen molar-refractivity contribution in [3.05, 3.63) is 70.3 Å². The molecule has 0 aromatic heterocycles. The van der Waals surface area contributed by atoms with Crippen LogP contribution < -0.4 is 9.62 Å². The van der Waals surface area contributed by atoms with E-state index in [4.69, 9.17) is 0 Å². The summed E-state index contributed by atoms with van der Waals surface area (Å²) in [6, 6.07) is 14.1. The number of carbonyl (C=O) groups excluding carboxylic acids is 3. The van der Waals surface area contributed by atoms with Crippen LogP contribution in [-0.2, 0) is 19.8 Å². The van der Waals surface area contributed by atoms with Gasteiger partial charge in [-0.1, -0.05) is 49.6 Å². The molecule has 0 radical (unpaired) electrons. The Morgan fingerprint density at radius 1 is 0.872 bits per heavy atom. The van der Waals surface area contributed by atoms with Crippen LogP contribution in [0.5, 0.6) is 0 Å². The Balaban J connectivity index is 1.23. The molecule has 2 aromatic carbocycles. The Bertz CT molecular complexity index is 1710. The monoisotopic (exact) mass is 659 g/mol. The summed E-state index contributed by atoms with van der Waals surface area (Å²) in [6.45, 7) is 2.43. The predicted molar refractivity (Wildman–Crippen MR) is 181 cm³/mol. The summed E-state index contributed by atoms with van der Waals surface area (Å²) in [5.74, 6) is 0.215. The molecule has 2 aromatic rings. The van der Waals surface area contributed by atoms with Crippen LogP contribution in [0.25, 0.3) is 6.08 Å². The number of nitrogens with one attached hydrogen (secondary N) is 1. The Morgan fingerprint density at radius 2 is 1.62 bits per heavy atom. The third kappa shape index (κ3) is 5.97. The van der Waals surface area contributed by atoms with Crippen LogP contribution in [-0.4, -0.2) is 86.6 Å². The summed E-state index contributed by atoms with van der Waals surface area (Å²) >= 11 is 0. The van der Waals surface area contributed by atoms with Gasteiger partial charge in [0.05, 0.1) is 6.04 Å². The van der Waals surface area contributed by atoms with Crippen LogP contribution in [0, 0.1) is 5.92 Å². The molecule has 2 unspecified atom stereocenters. The van der Waals surface area contributed by atoms with Crippen LogP contribution in [0.3, 0.4) is 0 Å². The molecule has 5 aliphatic rings. The average Bonchev–Trinajstić information content (AvgIpc) is 3.59. The molecule has 4 heterocycles. The Labute approximate surface area is 277 Å². The van der Waals surface area contributed by atoms with Crippen molar-refractivity contribution in [1.29, 1.82) is 0 Å². The van der Waals surface area contributed by atoms with E-state index in [9.17, 15) is 22.8 Å². The number of amides is 3. The molecule has 1 saturated carbocycles. The molecule has 0 spiro atoms. The van der Waals surface area contributed by atoms with Crippen LogP contribution >= 0.6 is 0 Å². The summed E-state index contributed by atoms with van der Waals surface area (Å²) in [5.41, 5.74) is 5.25. The van der Waals surface area contributed by atoms with Crippen molar-refractivity contribution in [2.75, 3.05) is 45.2 Å². The third-order valence-electron chi connectivity index (χ3n) is 11.1. The van der Waals surface area contributed by atoms with Crippen molar-refractivity contribution in [3.63, 3.8) is 0 Å². The molecule has 250 valence electrons. The highest BCUT2D eigenvalue weighted by Crippen LogP contribution is 2.56. The molecule has 11 heteroatoms. The zero-order chi connectivity index (χ0) is 32.9. The van der Waals surface area contributed by atoms with E-state index in [0.717, 1.165) is 59.8 Å². The number of anilines is 1. The molecule has 2 saturated heterocycles. The van der Waals surface area contributed by atoms with E-state index in [-0.39, 0.29) is 35.4 Å². The van der Waals surface area contributed by atoms with Gasteiger partial charge in [0, 0.05) is 75.5 Å². The van der Waals surface area contributed by atoms with Gasteiger partial charge in [0.25, 0.3) is 11.8 Å². The maximum absolute atomic E-state index is 14.3.